The van der Waals surface area contributed by atoms with Crippen molar-refractivity contribution in [3.05, 3.63) is 65.9 Å². The van der Waals surface area contributed by atoms with Gasteiger partial charge in [-0.15, -0.1) is 0 Å². The highest BCUT2D eigenvalue weighted by molar-refractivity contribution is 6.18. The average molecular weight is 355 g/mol. The van der Waals surface area contributed by atoms with Crippen LogP contribution < -0.4 is 9.47 Å². The van der Waals surface area contributed by atoms with E-state index in [-0.39, 0.29) is 19.4 Å². The highest BCUT2D eigenvalue weighted by Crippen LogP contribution is 2.43. The highest BCUT2D eigenvalue weighted by Gasteiger charge is 2.30. The zero-order chi connectivity index (χ0) is 18.0. The molecule has 0 unspecified atom stereocenters. The summed E-state index contributed by atoms with van der Waals surface area (Å²) in [6.07, 6.45) is 0. The fraction of sp³-hybridized carbons (Fsp3) is 0.0909. The van der Waals surface area contributed by atoms with E-state index in [0.717, 1.165) is 32.8 Å². The fourth-order valence-electron chi connectivity index (χ4n) is 3.96. The van der Waals surface area contributed by atoms with Crippen LogP contribution in [-0.2, 0) is 11.3 Å². The molecule has 0 saturated carbocycles. The van der Waals surface area contributed by atoms with Gasteiger partial charge in [-0.05, 0) is 34.5 Å². The van der Waals surface area contributed by atoms with E-state index in [1.54, 1.807) is 0 Å². The SMILES string of the molecule is O=C1OCc2nc3ccc4ccccc4c3c(-c3ccc4c(c3)OCO4)c21. The molecule has 4 aromatic rings. The van der Waals surface area contributed by atoms with Crippen LogP contribution >= 0.6 is 0 Å². The van der Waals surface area contributed by atoms with Gasteiger partial charge in [-0.1, -0.05) is 36.4 Å². The number of hydrogen-bond donors (Lipinski definition) is 0. The monoisotopic (exact) mass is 355 g/mol. The van der Waals surface area contributed by atoms with Gasteiger partial charge in [0.1, 0.15) is 6.61 Å². The first-order valence-corrected chi connectivity index (χ1v) is 8.71. The topological polar surface area (TPSA) is 57.7 Å². The maximum atomic E-state index is 12.6. The normalized spacial score (nSPS) is 14.6. The smallest absolute Gasteiger partial charge is 0.341 e. The summed E-state index contributed by atoms with van der Waals surface area (Å²) >= 11 is 0. The molecule has 0 radical (unpaired) electrons. The third kappa shape index (κ3) is 1.99. The number of ether oxygens (including phenoxy) is 3. The molecule has 3 heterocycles. The molecule has 5 heteroatoms. The molecule has 1 aromatic heterocycles. The van der Waals surface area contributed by atoms with Gasteiger partial charge in [0.05, 0.1) is 16.8 Å². The lowest BCUT2D eigenvalue weighted by Crippen LogP contribution is -2.01. The van der Waals surface area contributed by atoms with E-state index < -0.39 is 0 Å². The second-order valence-electron chi connectivity index (χ2n) is 6.63. The third-order valence-corrected chi connectivity index (χ3v) is 5.16. The maximum absolute atomic E-state index is 12.6. The molecule has 0 N–H and O–H groups in total. The minimum absolute atomic E-state index is 0.203. The Balaban J connectivity index is 1.80. The molecule has 0 fully saturated rings. The molecule has 0 spiro atoms. The first kappa shape index (κ1) is 14.6. The van der Waals surface area contributed by atoms with Gasteiger partial charge in [-0.2, -0.15) is 0 Å². The summed E-state index contributed by atoms with van der Waals surface area (Å²) < 4.78 is 16.3. The Labute approximate surface area is 154 Å². The second kappa shape index (κ2) is 5.20. The molecule has 27 heavy (non-hydrogen) atoms. The molecule has 3 aromatic carbocycles. The first-order valence-electron chi connectivity index (χ1n) is 8.71. The van der Waals surface area contributed by atoms with Gasteiger partial charge in [0.2, 0.25) is 6.79 Å². The molecule has 0 amide bonds. The van der Waals surface area contributed by atoms with Gasteiger partial charge >= 0.3 is 5.97 Å². The average Bonchev–Trinajstić information content (AvgIpc) is 3.32. The number of nitrogens with zero attached hydrogens (tertiary/aromatic N) is 1. The van der Waals surface area contributed by atoms with Crippen molar-refractivity contribution in [1.29, 1.82) is 0 Å². The summed E-state index contributed by atoms with van der Waals surface area (Å²) in [7, 11) is 0. The van der Waals surface area contributed by atoms with Crippen LogP contribution in [0.25, 0.3) is 32.8 Å². The summed E-state index contributed by atoms with van der Waals surface area (Å²) in [6.45, 7) is 0.410. The Morgan fingerprint density at radius 2 is 1.74 bits per heavy atom. The lowest BCUT2D eigenvalue weighted by atomic mass is 9.91. The Hall–Kier alpha value is -3.60. The molecule has 0 atom stereocenters. The van der Waals surface area contributed by atoms with Gasteiger partial charge in [0, 0.05) is 10.9 Å². The predicted octanol–water partition coefficient (Wildman–Crippen LogP) is 4.45. The Morgan fingerprint density at radius 3 is 2.70 bits per heavy atom. The van der Waals surface area contributed by atoms with Gasteiger partial charge in [0.25, 0.3) is 0 Å². The van der Waals surface area contributed by atoms with Crippen LogP contribution in [0, 0.1) is 0 Å². The van der Waals surface area contributed by atoms with Crippen molar-refractivity contribution in [2.75, 3.05) is 6.79 Å². The van der Waals surface area contributed by atoms with Crippen molar-refractivity contribution >= 4 is 27.6 Å². The quantitative estimate of drug-likeness (QED) is 0.373. The number of esters is 1. The minimum atomic E-state index is -0.333. The van der Waals surface area contributed by atoms with E-state index in [1.807, 2.05) is 36.4 Å². The minimum Gasteiger partial charge on any atom is -0.455 e. The zero-order valence-corrected chi connectivity index (χ0v) is 14.2. The van der Waals surface area contributed by atoms with Crippen molar-refractivity contribution in [2.24, 2.45) is 0 Å². The molecule has 5 nitrogen and oxygen atoms in total. The van der Waals surface area contributed by atoms with Crippen molar-refractivity contribution in [3.63, 3.8) is 0 Å². The van der Waals surface area contributed by atoms with Crippen molar-refractivity contribution in [1.82, 2.24) is 4.98 Å². The molecule has 130 valence electrons. The zero-order valence-electron chi connectivity index (χ0n) is 14.2. The Kier molecular flexibility index (Phi) is 2.81. The Morgan fingerprint density at radius 1 is 0.852 bits per heavy atom. The maximum Gasteiger partial charge on any atom is 0.341 e. The number of benzene rings is 3. The Bertz CT molecular complexity index is 1280. The second-order valence-corrected chi connectivity index (χ2v) is 6.63. The van der Waals surface area contributed by atoms with Crippen LogP contribution in [0.4, 0.5) is 0 Å². The summed E-state index contributed by atoms with van der Waals surface area (Å²) in [5.74, 6) is 1.05. The van der Waals surface area contributed by atoms with Crippen molar-refractivity contribution < 1.29 is 19.0 Å². The van der Waals surface area contributed by atoms with Crippen molar-refractivity contribution in [2.45, 2.75) is 6.61 Å². The number of carbonyl (C=O) groups excluding carboxylic acids is 1. The summed E-state index contributed by atoms with van der Waals surface area (Å²) in [5, 5.41) is 3.10. The standard InChI is InChI=1S/C22H13NO4/c24-22-21-16(10-25-22)23-15-7-5-12-3-1-2-4-14(12)20(15)19(21)13-6-8-17-18(9-13)27-11-26-17/h1-9H,10-11H2. The molecule has 0 saturated heterocycles. The lowest BCUT2D eigenvalue weighted by Gasteiger charge is -2.13. The molecular formula is C22H13NO4. The number of carbonyl (C=O) groups is 1. The number of fused-ring (bicyclic) bond motifs is 5. The molecule has 2 aliphatic heterocycles. The highest BCUT2D eigenvalue weighted by atomic mass is 16.7. The summed E-state index contributed by atoms with van der Waals surface area (Å²) in [6, 6.07) is 17.9. The number of cyclic esters (lactones) is 1. The number of pyridine rings is 1. The van der Waals surface area contributed by atoms with E-state index >= 15 is 0 Å². The van der Waals surface area contributed by atoms with Crippen LogP contribution in [0.3, 0.4) is 0 Å². The third-order valence-electron chi connectivity index (χ3n) is 5.16. The van der Waals surface area contributed by atoms with Gasteiger partial charge in [0.15, 0.2) is 11.5 Å². The van der Waals surface area contributed by atoms with Crippen molar-refractivity contribution in [3.8, 4) is 22.6 Å². The molecule has 0 aliphatic carbocycles. The van der Waals surface area contributed by atoms with Crippen LogP contribution in [0.5, 0.6) is 11.5 Å². The van der Waals surface area contributed by atoms with E-state index in [1.165, 1.54) is 0 Å². The molecule has 2 aliphatic rings. The van der Waals surface area contributed by atoms with E-state index in [9.17, 15) is 4.79 Å². The fourth-order valence-corrected chi connectivity index (χ4v) is 3.96. The number of aromatic nitrogens is 1. The summed E-state index contributed by atoms with van der Waals surface area (Å²) in [5.41, 5.74) is 3.79. The van der Waals surface area contributed by atoms with E-state index in [4.69, 9.17) is 19.2 Å². The van der Waals surface area contributed by atoms with Crippen LogP contribution in [-0.4, -0.2) is 17.7 Å². The van der Waals surface area contributed by atoms with Gasteiger partial charge in [-0.25, -0.2) is 9.78 Å². The molecule has 6 rings (SSSR count). The molecule has 0 bridgehead atoms. The van der Waals surface area contributed by atoms with E-state index in [2.05, 4.69) is 18.2 Å². The summed E-state index contributed by atoms with van der Waals surface area (Å²) in [4.78, 5) is 17.3. The first-order chi connectivity index (χ1) is 13.3. The van der Waals surface area contributed by atoms with Gasteiger partial charge < -0.3 is 14.2 Å². The number of rotatable bonds is 1. The van der Waals surface area contributed by atoms with Gasteiger partial charge in [-0.3, -0.25) is 0 Å². The van der Waals surface area contributed by atoms with Crippen LogP contribution in [0.15, 0.2) is 54.6 Å². The number of hydrogen-bond acceptors (Lipinski definition) is 5. The molecular weight excluding hydrogens is 342 g/mol. The van der Waals surface area contributed by atoms with Crippen LogP contribution in [0.2, 0.25) is 0 Å². The van der Waals surface area contributed by atoms with Crippen LogP contribution in [0.1, 0.15) is 16.1 Å². The predicted molar refractivity (Wildman–Crippen MR) is 99.9 cm³/mol. The largest absolute Gasteiger partial charge is 0.455 e. The lowest BCUT2D eigenvalue weighted by molar-refractivity contribution is 0.0534. The van der Waals surface area contributed by atoms with E-state index in [0.29, 0.717) is 22.8 Å².